The molecule has 19 heavy (non-hydrogen) atoms. The summed E-state index contributed by atoms with van der Waals surface area (Å²) in [5, 5.41) is 9.08. The molecule has 0 saturated carbocycles. The van der Waals surface area contributed by atoms with Gasteiger partial charge >= 0.3 is 5.97 Å². The van der Waals surface area contributed by atoms with Gasteiger partial charge in [0.15, 0.2) is 6.04 Å². The highest BCUT2D eigenvalue weighted by Gasteiger charge is 2.32. The van der Waals surface area contributed by atoms with E-state index in [1.807, 2.05) is 24.3 Å². The van der Waals surface area contributed by atoms with Crippen LogP contribution in [0.3, 0.4) is 0 Å². The molecule has 1 aromatic rings. The van der Waals surface area contributed by atoms with Gasteiger partial charge in [-0.25, -0.2) is 4.79 Å². The van der Waals surface area contributed by atoms with Crippen LogP contribution in [0.5, 0.6) is 0 Å². The third-order valence-corrected chi connectivity index (χ3v) is 3.53. The number of morpholine rings is 1. The van der Waals surface area contributed by atoms with E-state index in [2.05, 4.69) is 15.9 Å². The lowest BCUT2D eigenvalue weighted by molar-refractivity contribution is -0.158. The quantitative estimate of drug-likeness (QED) is 0.908. The SMILES string of the molecule is O=C(O)C1COCCN1C(=O)Cc1ccc(Br)cc1. The summed E-state index contributed by atoms with van der Waals surface area (Å²) in [5.74, 6) is -1.21. The first-order valence-electron chi connectivity index (χ1n) is 5.92. The fourth-order valence-corrected chi connectivity index (χ4v) is 2.25. The molecule has 5 nitrogen and oxygen atoms in total. The van der Waals surface area contributed by atoms with Gasteiger partial charge in [0, 0.05) is 11.0 Å². The van der Waals surface area contributed by atoms with Crippen molar-refractivity contribution in [1.82, 2.24) is 4.90 Å². The molecule has 0 aromatic heterocycles. The minimum absolute atomic E-state index is 0.0570. The molecular weight excluding hydrogens is 314 g/mol. The number of halogens is 1. The number of ether oxygens (including phenoxy) is 1. The van der Waals surface area contributed by atoms with Crippen LogP contribution in [0.15, 0.2) is 28.7 Å². The molecule has 0 bridgehead atoms. The normalized spacial score (nSPS) is 19.2. The molecule has 1 heterocycles. The van der Waals surface area contributed by atoms with Gasteiger partial charge in [-0.1, -0.05) is 28.1 Å². The largest absolute Gasteiger partial charge is 0.480 e. The maximum atomic E-state index is 12.2. The summed E-state index contributed by atoms with van der Waals surface area (Å²) in [4.78, 5) is 24.6. The van der Waals surface area contributed by atoms with Gasteiger partial charge in [0.05, 0.1) is 19.6 Å². The summed E-state index contributed by atoms with van der Waals surface area (Å²) in [6, 6.07) is 6.53. The molecule has 1 amide bonds. The Labute approximate surface area is 119 Å². The molecular formula is C13H14BrNO4. The molecule has 0 radical (unpaired) electrons. The van der Waals surface area contributed by atoms with Crippen molar-refractivity contribution >= 4 is 27.8 Å². The summed E-state index contributed by atoms with van der Waals surface area (Å²) in [6.07, 6.45) is 0.205. The molecule has 2 rings (SSSR count). The van der Waals surface area contributed by atoms with Crippen LogP contribution in [-0.2, 0) is 20.7 Å². The average Bonchev–Trinajstić information content (AvgIpc) is 2.41. The van der Waals surface area contributed by atoms with E-state index in [1.165, 1.54) is 4.90 Å². The van der Waals surface area contributed by atoms with E-state index in [1.54, 1.807) is 0 Å². The number of carbonyl (C=O) groups excluding carboxylic acids is 1. The number of carboxylic acids is 1. The Morgan fingerprint density at radius 3 is 2.68 bits per heavy atom. The summed E-state index contributed by atoms with van der Waals surface area (Å²) >= 11 is 3.33. The zero-order valence-corrected chi connectivity index (χ0v) is 11.8. The van der Waals surface area contributed by atoms with Crippen LogP contribution in [0.2, 0.25) is 0 Å². The van der Waals surface area contributed by atoms with Gasteiger partial charge in [0.25, 0.3) is 0 Å². The third-order valence-electron chi connectivity index (χ3n) is 3.00. The fourth-order valence-electron chi connectivity index (χ4n) is 1.99. The number of amides is 1. The van der Waals surface area contributed by atoms with Crippen LogP contribution in [0.1, 0.15) is 5.56 Å². The van der Waals surface area contributed by atoms with Gasteiger partial charge in [0.1, 0.15) is 0 Å². The van der Waals surface area contributed by atoms with E-state index >= 15 is 0 Å². The zero-order chi connectivity index (χ0) is 13.8. The van der Waals surface area contributed by atoms with Crippen molar-refractivity contribution in [2.24, 2.45) is 0 Å². The van der Waals surface area contributed by atoms with Crippen molar-refractivity contribution in [2.45, 2.75) is 12.5 Å². The van der Waals surface area contributed by atoms with Crippen LogP contribution in [0, 0.1) is 0 Å². The Kier molecular flexibility index (Phi) is 4.55. The second-order valence-electron chi connectivity index (χ2n) is 4.32. The number of carboxylic acid groups (broad SMARTS) is 1. The molecule has 1 aliphatic heterocycles. The molecule has 1 unspecified atom stereocenters. The molecule has 102 valence electrons. The monoisotopic (exact) mass is 327 g/mol. The Bertz CT molecular complexity index is 474. The standard InChI is InChI=1S/C13H14BrNO4/c14-10-3-1-9(2-4-10)7-12(16)15-5-6-19-8-11(15)13(17)18/h1-4,11H,5-8H2,(H,17,18). The van der Waals surface area contributed by atoms with E-state index < -0.39 is 12.0 Å². The summed E-state index contributed by atoms with van der Waals surface area (Å²) in [7, 11) is 0. The number of hydrogen-bond donors (Lipinski definition) is 1. The highest BCUT2D eigenvalue weighted by atomic mass is 79.9. The fraction of sp³-hybridized carbons (Fsp3) is 0.385. The van der Waals surface area contributed by atoms with Crippen molar-refractivity contribution in [3.05, 3.63) is 34.3 Å². The predicted octanol–water partition coefficient (Wildman–Crippen LogP) is 1.30. The van der Waals surface area contributed by atoms with Crippen LogP contribution in [0.25, 0.3) is 0 Å². The molecule has 1 atom stereocenters. The second kappa shape index (κ2) is 6.16. The van der Waals surface area contributed by atoms with Crippen molar-refractivity contribution in [2.75, 3.05) is 19.8 Å². The van der Waals surface area contributed by atoms with E-state index in [-0.39, 0.29) is 18.9 Å². The number of rotatable bonds is 3. The van der Waals surface area contributed by atoms with Gasteiger partial charge in [-0.2, -0.15) is 0 Å². The van der Waals surface area contributed by atoms with E-state index in [4.69, 9.17) is 9.84 Å². The number of nitrogens with zero attached hydrogens (tertiary/aromatic N) is 1. The van der Waals surface area contributed by atoms with Crippen LogP contribution in [-0.4, -0.2) is 47.7 Å². The van der Waals surface area contributed by atoms with Gasteiger partial charge < -0.3 is 14.7 Å². The summed E-state index contributed by atoms with van der Waals surface area (Å²) < 4.78 is 6.05. The van der Waals surface area contributed by atoms with Crippen LogP contribution in [0.4, 0.5) is 0 Å². The molecule has 1 fully saturated rings. The van der Waals surface area contributed by atoms with Crippen molar-refractivity contribution in [1.29, 1.82) is 0 Å². The molecule has 1 N–H and O–H groups in total. The topological polar surface area (TPSA) is 66.8 Å². The molecule has 1 aliphatic rings. The average molecular weight is 328 g/mol. The number of carbonyl (C=O) groups is 2. The highest BCUT2D eigenvalue weighted by molar-refractivity contribution is 9.10. The third kappa shape index (κ3) is 3.54. The van der Waals surface area contributed by atoms with Crippen LogP contribution < -0.4 is 0 Å². The minimum Gasteiger partial charge on any atom is -0.480 e. The van der Waals surface area contributed by atoms with E-state index in [0.29, 0.717) is 13.2 Å². The molecule has 6 heteroatoms. The lowest BCUT2D eigenvalue weighted by Crippen LogP contribution is -2.53. The maximum absolute atomic E-state index is 12.2. The molecule has 0 aliphatic carbocycles. The van der Waals surface area contributed by atoms with Crippen molar-refractivity contribution in [3.63, 3.8) is 0 Å². The summed E-state index contributed by atoms with van der Waals surface area (Å²) in [6.45, 7) is 0.767. The lowest BCUT2D eigenvalue weighted by Gasteiger charge is -2.32. The second-order valence-corrected chi connectivity index (χ2v) is 5.24. The Morgan fingerprint density at radius 1 is 1.37 bits per heavy atom. The Hall–Kier alpha value is -1.40. The summed E-state index contributed by atoms with van der Waals surface area (Å²) in [5.41, 5.74) is 0.865. The molecule has 1 aromatic carbocycles. The Morgan fingerprint density at radius 2 is 2.05 bits per heavy atom. The predicted molar refractivity (Wildman–Crippen MR) is 71.8 cm³/mol. The highest BCUT2D eigenvalue weighted by Crippen LogP contribution is 2.14. The first-order valence-corrected chi connectivity index (χ1v) is 6.71. The zero-order valence-electron chi connectivity index (χ0n) is 10.2. The van der Waals surface area contributed by atoms with Gasteiger partial charge in [-0.05, 0) is 17.7 Å². The Balaban J connectivity index is 2.05. The van der Waals surface area contributed by atoms with Crippen LogP contribution >= 0.6 is 15.9 Å². The number of aliphatic carboxylic acids is 1. The molecule has 0 spiro atoms. The first kappa shape index (κ1) is 14.0. The number of hydrogen-bond acceptors (Lipinski definition) is 3. The van der Waals surface area contributed by atoms with Crippen molar-refractivity contribution < 1.29 is 19.4 Å². The van der Waals surface area contributed by atoms with Gasteiger partial charge in [0.2, 0.25) is 5.91 Å². The van der Waals surface area contributed by atoms with Gasteiger partial charge in [-0.3, -0.25) is 4.79 Å². The number of benzene rings is 1. The maximum Gasteiger partial charge on any atom is 0.328 e. The lowest BCUT2D eigenvalue weighted by atomic mass is 10.1. The molecule has 1 saturated heterocycles. The van der Waals surface area contributed by atoms with Gasteiger partial charge in [-0.15, -0.1) is 0 Å². The van der Waals surface area contributed by atoms with Crippen molar-refractivity contribution in [3.8, 4) is 0 Å². The minimum atomic E-state index is -1.02. The van der Waals surface area contributed by atoms with E-state index in [0.717, 1.165) is 10.0 Å². The van der Waals surface area contributed by atoms with E-state index in [9.17, 15) is 9.59 Å². The smallest absolute Gasteiger partial charge is 0.328 e. The first-order chi connectivity index (χ1) is 9.08.